The number of carbonyl (C=O) groups excluding carboxylic acids is 1. The minimum Gasteiger partial charge on any atom is -0.383 e. The van der Waals surface area contributed by atoms with Gasteiger partial charge in [-0.15, -0.1) is 0 Å². The molecule has 0 aromatic carbocycles. The normalized spacial score (nSPS) is 9.29. The summed E-state index contributed by atoms with van der Waals surface area (Å²) in [6.45, 7) is 1.25. The molecule has 5 heteroatoms. The minimum atomic E-state index is -0.222. The van der Waals surface area contributed by atoms with E-state index in [2.05, 4.69) is 22.1 Å². The van der Waals surface area contributed by atoms with Gasteiger partial charge in [0.2, 0.25) is 0 Å². The summed E-state index contributed by atoms with van der Waals surface area (Å²) in [6.07, 6.45) is 1.55. The summed E-state index contributed by atoms with van der Waals surface area (Å²) in [4.78, 5) is 15.6. The molecular formula is C12H15N3O2. The summed E-state index contributed by atoms with van der Waals surface area (Å²) < 4.78 is 4.83. The number of ether oxygens (including phenoxy) is 1. The van der Waals surface area contributed by atoms with Crippen LogP contribution in [0.5, 0.6) is 0 Å². The molecule has 0 bridgehead atoms. The number of hydrogen-bond donors (Lipinski definition) is 2. The molecule has 5 nitrogen and oxygen atoms in total. The smallest absolute Gasteiger partial charge is 0.269 e. The van der Waals surface area contributed by atoms with Gasteiger partial charge < -0.3 is 15.8 Å². The molecule has 17 heavy (non-hydrogen) atoms. The Bertz CT molecular complexity index is 418. The monoisotopic (exact) mass is 233 g/mol. The first-order chi connectivity index (χ1) is 8.27. The van der Waals surface area contributed by atoms with Crippen LogP contribution in [0.4, 0.5) is 0 Å². The Hall–Kier alpha value is -1.90. The molecule has 0 fully saturated rings. The van der Waals surface area contributed by atoms with Crippen LogP contribution in [0.1, 0.15) is 16.1 Å². The van der Waals surface area contributed by atoms with Gasteiger partial charge in [0.15, 0.2) is 0 Å². The van der Waals surface area contributed by atoms with Crippen molar-refractivity contribution in [1.82, 2.24) is 10.3 Å². The topological polar surface area (TPSA) is 77.2 Å². The fourth-order valence-electron chi connectivity index (χ4n) is 1.11. The maximum absolute atomic E-state index is 11.6. The fraction of sp³-hybridized carbons (Fsp3) is 0.333. The fourth-order valence-corrected chi connectivity index (χ4v) is 1.11. The van der Waals surface area contributed by atoms with E-state index in [0.717, 1.165) is 5.56 Å². The lowest BCUT2D eigenvalue weighted by Gasteiger charge is -2.03. The Balaban J connectivity index is 2.57. The molecule has 0 saturated heterocycles. The van der Waals surface area contributed by atoms with E-state index < -0.39 is 0 Å². The maximum Gasteiger partial charge on any atom is 0.269 e. The largest absolute Gasteiger partial charge is 0.383 e. The highest BCUT2D eigenvalue weighted by atomic mass is 16.5. The van der Waals surface area contributed by atoms with E-state index in [1.165, 1.54) is 0 Å². The van der Waals surface area contributed by atoms with E-state index in [1.54, 1.807) is 25.4 Å². The van der Waals surface area contributed by atoms with Gasteiger partial charge in [-0.2, -0.15) is 0 Å². The SMILES string of the molecule is COCCNC(=O)c1ccc(C#CCN)cn1. The molecule has 0 unspecified atom stereocenters. The van der Waals surface area contributed by atoms with Gasteiger partial charge in [0, 0.05) is 25.4 Å². The van der Waals surface area contributed by atoms with Gasteiger partial charge in [0.1, 0.15) is 5.69 Å². The summed E-state index contributed by atoms with van der Waals surface area (Å²) in [7, 11) is 1.58. The van der Waals surface area contributed by atoms with E-state index >= 15 is 0 Å². The lowest BCUT2D eigenvalue weighted by atomic mass is 10.2. The Kier molecular flexibility index (Phi) is 5.72. The number of rotatable bonds is 4. The number of aromatic nitrogens is 1. The van der Waals surface area contributed by atoms with Crippen LogP contribution in [-0.4, -0.2) is 37.7 Å². The van der Waals surface area contributed by atoms with Crippen molar-refractivity contribution < 1.29 is 9.53 Å². The average molecular weight is 233 g/mol. The molecule has 0 saturated carbocycles. The Morgan fingerprint density at radius 2 is 2.41 bits per heavy atom. The zero-order chi connectivity index (χ0) is 12.5. The first kappa shape index (κ1) is 13.2. The number of nitrogens with two attached hydrogens (primary N) is 1. The van der Waals surface area contributed by atoms with E-state index in [9.17, 15) is 4.79 Å². The van der Waals surface area contributed by atoms with Crippen LogP contribution in [0, 0.1) is 11.8 Å². The van der Waals surface area contributed by atoms with E-state index in [0.29, 0.717) is 25.4 Å². The summed E-state index contributed by atoms with van der Waals surface area (Å²) in [5.41, 5.74) is 6.35. The van der Waals surface area contributed by atoms with Crippen LogP contribution >= 0.6 is 0 Å². The summed E-state index contributed by atoms with van der Waals surface area (Å²) in [6, 6.07) is 3.36. The second-order valence-corrected chi connectivity index (χ2v) is 3.19. The molecule has 0 aliphatic carbocycles. The van der Waals surface area contributed by atoms with Crippen molar-refractivity contribution in [3.05, 3.63) is 29.6 Å². The number of nitrogens with zero attached hydrogens (tertiary/aromatic N) is 1. The van der Waals surface area contributed by atoms with Crippen molar-refractivity contribution in [2.45, 2.75) is 0 Å². The molecule has 0 atom stereocenters. The summed E-state index contributed by atoms with van der Waals surface area (Å²) in [5.74, 6) is 5.33. The van der Waals surface area contributed by atoms with Crippen LogP contribution in [0.2, 0.25) is 0 Å². The molecule has 1 amide bonds. The first-order valence-electron chi connectivity index (χ1n) is 5.20. The Labute approximate surface area is 100 Å². The van der Waals surface area contributed by atoms with Crippen molar-refractivity contribution in [3.63, 3.8) is 0 Å². The van der Waals surface area contributed by atoms with Crippen molar-refractivity contribution in [3.8, 4) is 11.8 Å². The van der Waals surface area contributed by atoms with Crippen molar-refractivity contribution in [2.24, 2.45) is 5.73 Å². The molecule has 0 aliphatic rings. The second kappa shape index (κ2) is 7.39. The van der Waals surface area contributed by atoms with E-state index in [1.807, 2.05) is 0 Å². The highest BCUT2D eigenvalue weighted by molar-refractivity contribution is 5.92. The lowest BCUT2D eigenvalue weighted by Crippen LogP contribution is -2.27. The molecule has 0 radical (unpaired) electrons. The van der Waals surface area contributed by atoms with Crippen LogP contribution in [-0.2, 0) is 4.74 Å². The Morgan fingerprint density at radius 3 is 3.00 bits per heavy atom. The quantitative estimate of drug-likeness (QED) is 0.556. The second-order valence-electron chi connectivity index (χ2n) is 3.19. The summed E-state index contributed by atoms with van der Waals surface area (Å²) in [5, 5.41) is 2.68. The number of carbonyl (C=O) groups is 1. The highest BCUT2D eigenvalue weighted by Crippen LogP contribution is 1.98. The third-order valence-electron chi connectivity index (χ3n) is 1.92. The third-order valence-corrected chi connectivity index (χ3v) is 1.92. The molecule has 1 aromatic rings. The zero-order valence-corrected chi connectivity index (χ0v) is 9.69. The van der Waals surface area contributed by atoms with Gasteiger partial charge in [-0.3, -0.25) is 4.79 Å². The van der Waals surface area contributed by atoms with Crippen molar-refractivity contribution in [2.75, 3.05) is 26.8 Å². The highest BCUT2D eigenvalue weighted by Gasteiger charge is 2.05. The van der Waals surface area contributed by atoms with Gasteiger partial charge in [0.05, 0.1) is 13.2 Å². The molecule has 3 N–H and O–H groups in total. The number of hydrogen-bond acceptors (Lipinski definition) is 4. The summed E-state index contributed by atoms with van der Waals surface area (Å²) >= 11 is 0. The predicted octanol–water partition coefficient (Wildman–Crippen LogP) is -0.232. The van der Waals surface area contributed by atoms with Crippen LogP contribution in [0.3, 0.4) is 0 Å². The van der Waals surface area contributed by atoms with E-state index in [-0.39, 0.29) is 5.91 Å². The lowest BCUT2D eigenvalue weighted by molar-refractivity contribution is 0.0932. The van der Waals surface area contributed by atoms with Gasteiger partial charge in [-0.1, -0.05) is 11.8 Å². The molecule has 90 valence electrons. The maximum atomic E-state index is 11.6. The number of nitrogens with one attached hydrogen (secondary N) is 1. The average Bonchev–Trinajstić information content (AvgIpc) is 2.37. The molecule has 1 heterocycles. The number of amides is 1. The van der Waals surface area contributed by atoms with Crippen LogP contribution in [0.15, 0.2) is 18.3 Å². The standard InChI is InChI=1S/C12H15N3O2/c1-17-8-7-14-12(16)11-5-4-10(9-15-11)3-2-6-13/h4-5,9H,6-8,13H2,1H3,(H,14,16). The molecule has 0 aliphatic heterocycles. The van der Waals surface area contributed by atoms with Gasteiger partial charge in [-0.25, -0.2) is 4.98 Å². The predicted molar refractivity (Wildman–Crippen MR) is 64.4 cm³/mol. The number of methoxy groups -OCH3 is 1. The molecule has 1 rings (SSSR count). The molecule has 1 aromatic heterocycles. The zero-order valence-electron chi connectivity index (χ0n) is 9.69. The van der Waals surface area contributed by atoms with Gasteiger partial charge in [0.25, 0.3) is 5.91 Å². The van der Waals surface area contributed by atoms with Crippen LogP contribution < -0.4 is 11.1 Å². The Morgan fingerprint density at radius 1 is 1.59 bits per heavy atom. The van der Waals surface area contributed by atoms with Gasteiger partial charge in [-0.05, 0) is 12.1 Å². The van der Waals surface area contributed by atoms with Crippen LogP contribution in [0.25, 0.3) is 0 Å². The van der Waals surface area contributed by atoms with Crippen molar-refractivity contribution >= 4 is 5.91 Å². The van der Waals surface area contributed by atoms with Gasteiger partial charge >= 0.3 is 0 Å². The first-order valence-corrected chi connectivity index (χ1v) is 5.20. The number of pyridine rings is 1. The minimum absolute atomic E-state index is 0.222. The van der Waals surface area contributed by atoms with Crippen molar-refractivity contribution in [1.29, 1.82) is 0 Å². The third kappa shape index (κ3) is 4.64. The molecule has 0 spiro atoms. The van der Waals surface area contributed by atoms with E-state index in [4.69, 9.17) is 10.5 Å². The molecular weight excluding hydrogens is 218 g/mol.